The highest BCUT2D eigenvalue weighted by Crippen LogP contribution is 2.26. The fraction of sp³-hybridized carbons (Fsp3) is 0.615. The topological polar surface area (TPSA) is 75.5 Å². The van der Waals surface area contributed by atoms with E-state index in [4.69, 9.17) is 4.74 Å². The minimum Gasteiger partial charge on any atom is -0.481 e. The largest absolute Gasteiger partial charge is 0.481 e. The summed E-state index contributed by atoms with van der Waals surface area (Å²) >= 11 is 0. The van der Waals surface area contributed by atoms with Crippen molar-refractivity contribution in [1.82, 2.24) is 9.97 Å². The molecule has 2 unspecified atom stereocenters. The molecule has 0 aromatic carbocycles. The third-order valence-corrected chi connectivity index (χ3v) is 3.34. The number of anilines is 1. The quantitative estimate of drug-likeness (QED) is 0.889. The molecule has 0 saturated carbocycles. The van der Waals surface area contributed by atoms with Gasteiger partial charge in [0.2, 0.25) is 0 Å². The molecule has 1 aromatic rings. The van der Waals surface area contributed by atoms with Crippen molar-refractivity contribution in [3.05, 3.63) is 11.8 Å². The predicted octanol–water partition coefficient (Wildman–Crippen LogP) is 1.34. The highest BCUT2D eigenvalue weighted by Gasteiger charge is 2.30. The smallest absolute Gasteiger partial charge is 0.318 e. The van der Waals surface area contributed by atoms with Gasteiger partial charge in [-0.2, -0.15) is 4.98 Å². The number of aromatic nitrogens is 2. The zero-order valence-corrected chi connectivity index (χ0v) is 11.5. The summed E-state index contributed by atoms with van der Waals surface area (Å²) in [5.41, 5.74) is 0.812. The number of hydrogen-bond donors (Lipinski definition) is 1. The highest BCUT2D eigenvalue weighted by molar-refractivity contribution is 5.71. The second-order valence-corrected chi connectivity index (χ2v) is 5.14. The van der Waals surface area contributed by atoms with E-state index in [-0.39, 0.29) is 5.92 Å². The molecule has 1 fully saturated rings. The van der Waals surface area contributed by atoms with Crippen LogP contribution in [0.2, 0.25) is 0 Å². The molecule has 1 aliphatic heterocycles. The van der Waals surface area contributed by atoms with E-state index in [2.05, 4.69) is 16.9 Å². The monoisotopic (exact) mass is 265 g/mol. The number of carbonyl (C=O) groups is 1. The molecule has 2 atom stereocenters. The first-order chi connectivity index (χ1) is 8.99. The first-order valence-corrected chi connectivity index (χ1v) is 6.37. The summed E-state index contributed by atoms with van der Waals surface area (Å²) in [6.45, 7) is 5.23. The zero-order chi connectivity index (χ0) is 14.0. The molecule has 0 aliphatic carbocycles. The van der Waals surface area contributed by atoms with Crippen LogP contribution in [0.25, 0.3) is 0 Å². The first-order valence-electron chi connectivity index (χ1n) is 6.37. The van der Waals surface area contributed by atoms with Crippen LogP contribution in [0.1, 0.15) is 19.0 Å². The molecule has 0 amide bonds. The highest BCUT2D eigenvalue weighted by atomic mass is 16.5. The van der Waals surface area contributed by atoms with Crippen molar-refractivity contribution in [2.45, 2.75) is 20.3 Å². The van der Waals surface area contributed by atoms with Crippen LogP contribution in [0.5, 0.6) is 6.01 Å². The Kier molecular flexibility index (Phi) is 3.87. The van der Waals surface area contributed by atoms with E-state index in [0.717, 1.165) is 18.1 Å². The van der Waals surface area contributed by atoms with E-state index in [1.165, 1.54) is 7.11 Å². The number of carboxylic acid groups (broad SMARTS) is 1. The Hall–Kier alpha value is -1.85. The van der Waals surface area contributed by atoms with Crippen LogP contribution in [0.4, 0.5) is 5.82 Å². The van der Waals surface area contributed by atoms with Crippen molar-refractivity contribution in [2.24, 2.45) is 11.8 Å². The maximum absolute atomic E-state index is 11.2. The van der Waals surface area contributed by atoms with Crippen molar-refractivity contribution >= 4 is 11.8 Å². The Morgan fingerprint density at radius 2 is 2.21 bits per heavy atom. The molecule has 19 heavy (non-hydrogen) atoms. The lowest BCUT2D eigenvalue weighted by Crippen LogP contribution is -2.43. The molecule has 1 N–H and O–H groups in total. The molecule has 1 aromatic heterocycles. The van der Waals surface area contributed by atoms with Crippen molar-refractivity contribution in [3.8, 4) is 6.01 Å². The normalized spacial score (nSPS) is 23.2. The summed E-state index contributed by atoms with van der Waals surface area (Å²) in [6, 6.07) is 2.18. The van der Waals surface area contributed by atoms with Crippen LogP contribution >= 0.6 is 0 Å². The van der Waals surface area contributed by atoms with Crippen molar-refractivity contribution in [2.75, 3.05) is 25.1 Å². The lowest BCUT2D eigenvalue weighted by Gasteiger charge is -2.35. The number of carboxylic acids is 1. The Labute approximate surface area is 112 Å². The average molecular weight is 265 g/mol. The van der Waals surface area contributed by atoms with Gasteiger partial charge in [-0.05, 0) is 19.3 Å². The number of piperidine rings is 1. The van der Waals surface area contributed by atoms with Gasteiger partial charge in [-0.1, -0.05) is 6.92 Å². The number of aryl methyl sites for hydroxylation is 1. The van der Waals surface area contributed by atoms with E-state index in [1.807, 2.05) is 17.9 Å². The number of methoxy groups -OCH3 is 1. The number of nitrogens with zero attached hydrogens (tertiary/aromatic N) is 3. The van der Waals surface area contributed by atoms with Crippen LogP contribution < -0.4 is 9.64 Å². The SMILES string of the molecule is COc1nc(C)cc(N2CC(C)CC(C(=O)O)C2)n1. The lowest BCUT2D eigenvalue weighted by molar-refractivity contribution is -0.142. The van der Waals surface area contributed by atoms with E-state index in [0.29, 0.717) is 24.9 Å². The van der Waals surface area contributed by atoms with E-state index < -0.39 is 5.97 Å². The third-order valence-electron chi connectivity index (χ3n) is 3.34. The van der Waals surface area contributed by atoms with Crippen LogP contribution in [-0.2, 0) is 4.79 Å². The molecular formula is C13H19N3O3. The molecule has 0 bridgehead atoms. The minimum absolute atomic E-state index is 0.320. The second-order valence-electron chi connectivity index (χ2n) is 5.14. The number of hydrogen-bond acceptors (Lipinski definition) is 5. The van der Waals surface area contributed by atoms with Crippen molar-refractivity contribution in [1.29, 1.82) is 0 Å². The van der Waals surface area contributed by atoms with Gasteiger partial charge in [-0.15, -0.1) is 0 Å². The maximum Gasteiger partial charge on any atom is 0.318 e. The second kappa shape index (κ2) is 5.42. The Bertz CT molecular complexity index is 478. The predicted molar refractivity (Wildman–Crippen MR) is 70.4 cm³/mol. The third kappa shape index (κ3) is 3.13. The summed E-state index contributed by atoms with van der Waals surface area (Å²) < 4.78 is 5.06. The van der Waals surface area contributed by atoms with Crippen molar-refractivity contribution in [3.63, 3.8) is 0 Å². The van der Waals surface area contributed by atoms with Gasteiger partial charge in [-0.25, -0.2) is 4.98 Å². The molecule has 1 aliphatic rings. The lowest BCUT2D eigenvalue weighted by atomic mass is 9.90. The Morgan fingerprint density at radius 3 is 2.84 bits per heavy atom. The molecule has 104 valence electrons. The summed E-state index contributed by atoms with van der Waals surface area (Å²) in [4.78, 5) is 21.6. The van der Waals surface area contributed by atoms with Gasteiger partial charge >= 0.3 is 12.0 Å². The fourth-order valence-electron chi connectivity index (χ4n) is 2.50. The average Bonchev–Trinajstić information content (AvgIpc) is 2.37. The molecule has 6 nitrogen and oxygen atoms in total. The van der Waals surface area contributed by atoms with E-state index >= 15 is 0 Å². The fourth-order valence-corrected chi connectivity index (χ4v) is 2.50. The molecule has 1 saturated heterocycles. The summed E-state index contributed by atoms with van der Waals surface area (Å²) in [5, 5.41) is 9.19. The summed E-state index contributed by atoms with van der Waals surface area (Å²) in [7, 11) is 1.53. The summed E-state index contributed by atoms with van der Waals surface area (Å²) in [6.07, 6.45) is 0.715. The number of ether oxygens (including phenoxy) is 1. The first kappa shape index (κ1) is 13.6. The maximum atomic E-state index is 11.2. The number of rotatable bonds is 3. The zero-order valence-electron chi connectivity index (χ0n) is 11.5. The van der Waals surface area contributed by atoms with Gasteiger partial charge in [-0.3, -0.25) is 4.79 Å². The van der Waals surface area contributed by atoms with Gasteiger partial charge < -0.3 is 14.7 Å². The van der Waals surface area contributed by atoms with Crippen LogP contribution in [0, 0.1) is 18.8 Å². The molecular weight excluding hydrogens is 246 g/mol. The molecule has 2 rings (SSSR count). The van der Waals surface area contributed by atoms with Gasteiger partial charge in [0.05, 0.1) is 13.0 Å². The Morgan fingerprint density at radius 1 is 1.47 bits per heavy atom. The van der Waals surface area contributed by atoms with E-state index in [9.17, 15) is 9.90 Å². The summed E-state index contributed by atoms with van der Waals surface area (Å²) in [5.74, 6) is -0.0161. The van der Waals surface area contributed by atoms with Gasteiger partial charge in [0.25, 0.3) is 0 Å². The van der Waals surface area contributed by atoms with E-state index in [1.54, 1.807) is 0 Å². The van der Waals surface area contributed by atoms with Crippen molar-refractivity contribution < 1.29 is 14.6 Å². The van der Waals surface area contributed by atoms with Crippen LogP contribution in [0.15, 0.2) is 6.07 Å². The van der Waals surface area contributed by atoms with Crippen LogP contribution in [-0.4, -0.2) is 41.2 Å². The van der Waals surface area contributed by atoms with Gasteiger partial charge in [0, 0.05) is 24.8 Å². The molecule has 0 radical (unpaired) electrons. The Balaban J connectivity index is 2.25. The molecule has 2 heterocycles. The van der Waals surface area contributed by atoms with Crippen LogP contribution in [0.3, 0.4) is 0 Å². The van der Waals surface area contributed by atoms with Gasteiger partial charge in [0.1, 0.15) is 5.82 Å². The minimum atomic E-state index is -0.741. The standard InChI is InChI=1S/C13H19N3O3/c1-8-4-10(12(17)18)7-16(6-8)11-5-9(2)14-13(15-11)19-3/h5,8,10H,4,6-7H2,1-3H3,(H,17,18). The van der Waals surface area contributed by atoms with Gasteiger partial charge in [0.15, 0.2) is 0 Å². The number of aliphatic carboxylic acids is 1. The molecule has 6 heteroatoms. The molecule has 0 spiro atoms.